The van der Waals surface area contributed by atoms with Crippen molar-refractivity contribution in [1.82, 2.24) is 5.32 Å². The van der Waals surface area contributed by atoms with Crippen LogP contribution in [-0.4, -0.2) is 25.5 Å². The zero-order valence-electron chi connectivity index (χ0n) is 14.5. The Morgan fingerprint density at radius 3 is 2.56 bits per heavy atom. The molecule has 0 saturated carbocycles. The number of carbonyl (C=O) groups is 1. The van der Waals surface area contributed by atoms with Crippen LogP contribution in [0.1, 0.15) is 31.4 Å². The molecule has 1 heterocycles. The van der Waals surface area contributed by atoms with Gasteiger partial charge in [-0.15, -0.1) is 0 Å². The Bertz CT molecular complexity index is 711. The van der Waals surface area contributed by atoms with Crippen LogP contribution in [0.3, 0.4) is 0 Å². The molecular formula is C20H24ClN3O. The van der Waals surface area contributed by atoms with E-state index >= 15 is 0 Å². The minimum atomic E-state index is -0.0530. The van der Waals surface area contributed by atoms with Gasteiger partial charge in [0.2, 0.25) is 5.91 Å². The molecule has 0 aromatic heterocycles. The molecule has 2 aromatic rings. The number of nitrogens with zero attached hydrogens (tertiary/aromatic N) is 1. The monoisotopic (exact) mass is 357 g/mol. The lowest BCUT2D eigenvalue weighted by atomic mass is 10.1. The van der Waals surface area contributed by atoms with E-state index in [9.17, 15) is 4.79 Å². The van der Waals surface area contributed by atoms with Crippen LogP contribution in [0, 0.1) is 0 Å². The summed E-state index contributed by atoms with van der Waals surface area (Å²) in [4.78, 5) is 14.5. The Labute approximate surface area is 154 Å². The summed E-state index contributed by atoms with van der Waals surface area (Å²) in [5, 5.41) is 6.86. The molecule has 0 radical (unpaired) electrons. The topological polar surface area (TPSA) is 44.4 Å². The number of carbonyl (C=O) groups excluding carboxylic acids is 1. The van der Waals surface area contributed by atoms with Crippen LogP contribution >= 0.6 is 11.6 Å². The summed E-state index contributed by atoms with van der Waals surface area (Å²) in [6.07, 6.45) is 2.52. The van der Waals surface area contributed by atoms with Crippen molar-refractivity contribution < 1.29 is 4.79 Å². The molecule has 5 heteroatoms. The molecule has 0 bridgehead atoms. The first kappa shape index (κ1) is 17.8. The zero-order chi connectivity index (χ0) is 17.6. The highest BCUT2D eigenvalue weighted by Gasteiger charge is 2.12. The van der Waals surface area contributed by atoms with Crippen molar-refractivity contribution in [3.8, 4) is 0 Å². The molecule has 2 aromatic carbocycles. The van der Waals surface area contributed by atoms with E-state index < -0.39 is 0 Å². The van der Waals surface area contributed by atoms with Crippen molar-refractivity contribution in [2.45, 2.75) is 25.8 Å². The molecule has 0 unspecified atom stereocenters. The average molecular weight is 358 g/mol. The highest BCUT2D eigenvalue weighted by atomic mass is 35.5. The number of benzene rings is 2. The third-order valence-corrected chi connectivity index (χ3v) is 4.77. The van der Waals surface area contributed by atoms with E-state index in [0.29, 0.717) is 5.02 Å². The molecule has 0 aliphatic carbocycles. The lowest BCUT2D eigenvalue weighted by Crippen LogP contribution is -2.30. The Hall–Kier alpha value is -2.04. The normalized spacial score (nSPS) is 15.2. The number of hydrogen-bond acceptors (Lipinski definition) is 3. The van der Waals surface area contributed by atoms with Gasteiger partial charge in [0, 0.05) is 35.5 Å². The lowest BCUT2D eigenvalue weighted by molar-refractivity contribution is -0.115. The van der Waals surface area contributed by atoms with E-state index in [2.05, 4.69) is 27.7 Å². The van der Waals surface area contributed by atoms with E-state index in [1.807, 2.05) is 43.3 Å². The van der Waals surface area contributed by atoms with Crippen LogP contribution < -0.4 is 15.5 Å². The van der Waals surface area contributed by atoms with Crippen LogP contribution in [0.4, 0.5) is 11.4 Å². The first-order chi connectivity index (χ1) is 12.1. The van der Waals surface area contributed by atoms with Crippen molar-refractivity contribution in [2.75, 3.05) is 29.9 Å². The number of anilines is 2. The molecule has 1 fully saturated rings. The molecule has 1 aliphatic heterocycles. The fourth-order valence-electron chi connectivity index (χ4n) is 3.08. The number of hydrogen-bond donors (Lipinski definition) is 2. The minimum absolute atomic E-state index is 0.0530. The molecule has 132 valence electrons. The van der Waals surface area contributed by atoms with Gasteiger partial charge < -0.3 is 15.5 Å². The standard InChI is InChI=1S/C20H24ClN3O/c1-15(16-5-4-6-17(21)13-16)22-14-20(25)23-18-7-9-19(10-8-18)24-11-2-3-12-24/h4-10,13,15,22H,2-3,11-12,14H2,1H3,(H,23,25)/t15-/m0/s1. The Morgan fingerprint density at radius 2 is 1.88 bits per heavy atom. The molecule has 2 N–H and O–H groups in total. The van der Waals surface area contributed by atoms with Crippen LogP contribution in [0.25, 0.3) is 0 Å². The summed E-state index contributed by atoms with van der Waals surface area (Å²) in [5.41, 5.74) is 3.11. The number of amides is 1. The van der Waals surface area contributed by atoms with Gasteiger partial charge in [-0.2, -0.15) is 0 Å². The zero-order valence-corrected chi connectivity index (χ0v) is 15.2. The Balaban J connectivity index is 1.48. The molecule has 1 saturated heterocycles. The van der Waals surface area contributed by atoms with E-state index in [4.69, 9.17) is 11.6 Å². The molecule has 4 nitrogen and oxygen atoms in total. The second-order valence-corrected chi connectivity index (χ2v) is 6.88. The van der Waals surface area contributed by atoms with Gasteiger partial charge in [0.15, 0.2) is 0 Å². The quantitative estimate of drug-likeness (QED) is 0.813. The predicted molar refractivity (Wildman–Crippen MR) is 104 cm³/mol. The molecule has 1 atom stereocenters. The molecular weight excluding hydrogens is 334 g/mol. The van der Waals surface area contributed by atoms with Crippen LogP contribution in [-0.2, 0) is 4.79 Å². The van der Waals surface area contributed by atoms with Gasteiger partial charge in [-0.05, 0) is 61.7 Å². The highest BCUT2D eigenvalue weighted by Crippen LogP contribution is 2.22. The fourth-order valence-corrected chi connectivity index (χ4v) is 3.27. The van der Waals surface area contributed by atoms with Gasteiger partial charge >= 0.3 is 0 Å². The van der Waals surface area contributed by atoms with Crippen LogP contribution in [0.2, 0.25) is 5.02 Å². The largest absolute Gasteiger partial charge is 0.372 e. The first-order valence-corrected chi connectivity index (χ1v) is 9.13. The second-order valence-electron chi connectivity index (χ2n) is 6.45. The fraction of sp³-hybridized carbons (Fsp3) is 0.350. The lowest BCUT2D eigenvalue weighted by Gasteiger charge is -2.18. The number of rotatable bonds is 6. The Kier molecular flexibility index (Phi) is 5.95. The summed E-state index contributed by atoms with van der Waals surface area (Å²) in [5.74, 6) is -0.0530. The van der Waals surface area contributed by atoms with Crippen molar-refractivity contribution in [2.24, 2.45) is 0 Å². The van der Waals surface area contributed by atoms with E-state index in [1.54, 1.807) is 0 Å². The Morgan fingerprint density at radius 1 is 1.16 bits per heavy atom. The SMILES string of the molecule is C[C@H](NCC(=O)Nc1ccc(N2CCCC2)cc1)c1cccc(Cl)c1. The van der Waals surface area contributed by atoms with Crippen molar-refractivity contribution in [3.63, 3.8) is 0 Å². The third kappa shape index (κ3) is 4.97. The number of nitrogens with one attached hydrogen (secondary N) is 2. The summed E-state index contributed by atoms with van der Waals surface area (Å²) in [7, 11) is 0. The maximum Gasteiger partial charge on any atom is 0.238 e. The van der Waals surface area contributed by atoms with Crippen LogP contribution in [0.15, 0.2) is 48.5 Å². The van der Waals surface area contributed by atoms with Crippen molar-refractivity contribution >= 4 is 28.9 Å². The van der Waals surface area contributed by atoms with Crippen molar-refractivity contribution in [1.29, 1.82) is 0 Å². The second kappa shape index (κ2) is 8.37. The first-order valence-electron chi connectivity index (χ1n) is 8.75. The molecule has 25 heavy (non-hydrogen) atoms. The summed E-state index contributed by atoms with van der Waals surface area (Å²) >= 11 is 6.01. The summed E-state index contributed by atoms with van der Waals surface area (Å²) < 4.78 is 0. The molecule has 1 aliphatic rings. The van der Waals surface area contributed by atoms with Gasteiger partial charge in [-0.3, -0.25) is 4.79 Å². The highest BCUT2D eigenvalue weighted by molar-refractivity contribution is 6.30. The van der Waals surface area contributed by atoms with Gasteiger partial charge in [-0.25, -0.2) is 0 Å². The summed E-state index contributed by atoms with van der Waals surface area (Å²) in [6.45, 7) is 4.51. The molecule has 1 amide bonds. The van der Waals surface area contributed by atoms with E-state index in [1.165, 1.54) is 18.5 Å². The summed E-state index contributed by atoms with van der Waals surface area (Å²) in [6, 6.07) is 15.8. The maximum absolute atomic E-state index is 12.1. The van der Waals surface area contributed by atoms with Crippen LogP contribution in [0.5, 0.6) is 0 Å². The minimum Gasteiger partial charge on any atom is -0.372 e. The van der Waals surface area contributed by atoms with Crippen molar-refractivity contribution in [3.05, 3.63) is 59.1 Å². The van der Waals surface area contributed by atoms with E-state index in [0.717, 1.165) is 24.3 Å². The average Bonchev–Trinajstić information content (AvgIpc) is 3.15. The van der Waals surface area contributed by atoms with Gasteiger partial charge in [0.25, 0.3) is 0 Å². The van der Waals surface area contributed by atoms with Gasteiger partial charge in [-0.1, -0.05) is 23.7 Å². The molecule has 3 rings (SSSR count). The third-order valence-electron chi connectivity index (χ3n) is 4.54. The number of halogens is 1. The molecule has 0 spiro atoms. The predicted octanol–water partition coefficient (Wildman–Crippen LogP) is 4.23. The smallest absolute Gasteiger partial charge is 0.238 e. The maximum atomic E-state index is 12.1. The van der Waals surface area contributed by atoms with Gasteiger partial charge in [0.1, 0.15) is 0 Å². The van der Waals surface area contributed by atoms with Gasteiger partial charge in [0.05, 0.1) is 6.54 Å². The van der Waals surface area contributed by atoms with E-state index in [-0.39, 0.29) is 18.5 Å².